The molecule has 1 unspecified atom stereocenters. The quantitative estimate of drug-likeness (QED) is 0.0263. The van der Waals surface area contributed by atoms with E-state index in [1.165, 1.54) is 44.9 Å². The highest BCUT2D eigenvalue weighted by molar-refractivity contribution is 5.71. The van der Waals surface area contributed by atoms with Gasteiger partial charge in [-0.1, -0.05) is 196 Å². The lowest BCUT2D eigenvalue weighted by molar-refractivity contribution is -0.167. The third-order valence-electron chi connectivity index (χ3n) is 10.1. The van der Waals surface area contributed by atoms with E-state index in [-0.39, 0.29) is 31.1 Å². The van der Waals surface area contributed by atoms with Gasteiger partial charge in [0.15, 0.2) is 6.10 Å². The maximum Gasteiger partial charge on any atom is 0.306 e. The van der Waals surface area contributed by atoms with Crippen molar-refractivity contribution in [3.63, 3.8) is 0 Å². The Kier molecular flexibility index (Phi) is 45.5. The number of hydrogen-bond donors (Lipinski definition) is 0. The van der Waals surface area contributed by atoms with Gasteiger partial charge in [-0.25, -0.2) is 0 Å². The second kappa shape index (κ2) is 48.3. The van der Waals surface area contributed by atoms with Crippen LogP contribution in [0.25, 0.3) is 0 Å². The number of carbonyl (C=O) groups excluding carboxylic acids is 3. The zero-order valence-corrected chi connectivity index (χ0v) is 38.9. The third kappa shape index (κ3) is 45.7. The van der Waals surface area contributed by atoms with Crippen LogP contribution in [-0.2, 0) is 28.6 Å². The molecule has 0 aliphatic carbocycles. The lowest BCUT2D eigenvalue weighted by Crippen LogP contribution is -2.30. The van der Waals surface area contributed by atoms with Crippen LogP contribution in [0.5, 0.6) is 0 Å². The smallest absolute Gasteiger partial charge is 0.306 e. The van der Waals surface area contributed by atoms with Gasteiger partial charge in [-0.15, -0.1) is 0 Å². The Hall–Kier alpha value is -3.41. The van der Waals surface area contributed by atoms with Crippen LogP contribution in [0.1, 0.15) is 220 Å². The van der Waals surface area contributed by atoms with E-state index in [1.54, 1.807) is 0 Å². The fourth-order valence-corrected chi connectivity index (χ4v) is 6.42. The van der Waals surface area contributed by atoms with Gasteiger partial charge >= 0.3 is 17.9 Å². The van der Waals surface area contributed by atoms with Crippen molar-refractivity contribution in [1.82, 2.24) is 0 Å². The minimum Gasteiger partial charge on any atom is -0.462 e. The lowest BCUT2D eigenvalue weighted by atomic mass is 10.1. The van der Waals surface area contributed by atoms with Crippen molar-refractivity contribution >= 4 is 17.9 Å². The molecule has 6 nitrogen and oxygen atoms in total. The van der Waals surface area contributed by atoms with Crippen LogP contribution in [0.2, 0.25) is 0 Å². The molecule has 60 heavy (non-hydrogen) atoms. The van der Waals surface area contributed by atoms with Crippen molar-refractivity contribution < 1.29 is 28.6 Å². The van der Waals surface area contributed by atoms with Crippen molar-refractivity contribution in [2.45, 2.75) is 226 Å². The summed E-state index contributed by atoms with van der Waals surface area (Å²) in [4.78, 5) is 37.7. The molecule has 0 spiro atoms. The van der Waals surface area contributed by atoms with E-state index in [4.69, 9.17) is 14.2 Å². The topological polar surface area (TPSA) is 78.9 Å². The molecule has 6 heteroatoms. The normalized spacial score (nSPS) is 12.8. The molecule has 0 rings (SSSR count). The number of rotatable bonds is 43. The molecule has 0 amide bonds. The molecule has 0 aromatic heterocycles. The Balaban J connectivity index is 4.32. The average molecular weight is 835 g/mol. The predicted octanol–water partition coefficient (Wildman–Crippen LogP) is 16.0. The summed E-state index contributed by atoms with van der Waals surface area (Å²) < 4.78 is 16.7. The molecule has 0 aliphatic rings. The maximum atomic E-state index is 12.7. The van der Waals surface area contributed by atoms with Gasteiger partial charge in [-0.2, -0.15) is 0 Å². The molecule has 0 heterocycles. The van der Waals surface area contributed by atoms with E-state index in [0.717, 1.165) is 135 Å². The van der Waals surface area contributed by atoms with E-state index in [2.05, 4.69) is 106 Å². The van der Waals surface area contributed by atoms with Gasteiger partial charge in [0.25, 0.3) is 0 Å². The third-order valence-corrected chi connectivity index (χ3v) is 10.1. The van der Waals surface area contributed by atoms with Crippen LogP contribution >= 0.6 is 0 Å². The largest absolute Gasteiger partial charge is 0.462 e. The summed E-state index contributed by atoms with van der Waals surface area (Å²) in [6.07, 6.45) is 61.5. The van der Waals surface area contributed by atoms with Crippen molar-refractivity contribution in [2.75, 3.05) is 13.2 Å². The minimum atomic E-state index is -0.788. The first-order valence-corrected chi connectivity index (χ1v) is 24.6. The number of hydrogen-bond acceptors (Lipinski definition) is 6. The molecule has 0 saturated carbocycles. The highest BCUT2D eigenvalue weighted by Crippen LogP contribution is 2.13. The van der Waals surface area contributed by atoms with Crippen LogP contribution in [0.15, 0.2) is 85.1 Å². The van der Waals surface area contributed by atoms with Gasteiger partial charge in [-0.05, 0) is 89.9 Å². The zero-order valence-electron chi connectivity index (χ0n) is 38.9. The SMILES string of the molecule is CC/C=C\C/C=C\C/C=C\C/C=C\C/C=C\CCCCCCCC(=O)OCC(COC(=O)CCCCCCCCC)OC(=O)CCCCCCC/C=C\C/C=C\CCCC. The first kappa shape index (κ1) is 56.6. The second-order valence-electron chi connectivity index (χ2n) is 16.0. The number of esters is 3. The first-order chi connectivity index (χ1) is 29.5. The lowest BCUT2D eigenvalue weighted by Gasteiger charge is -2.18. The molecule has 0 aromatic carbocycles. The molecule has 342 valence electrons. The highest BCUT2D eigenvalue weighted by Gasteiger charge is 2.19. The second-order valence-corrected chi connectivity index (χ2v) is 16.0. The van der Waals surface area contributed by atoms with Gasteiger partial charge in [0.1, 0.15) is 13.2 Å². The molecular formula is C54H90O6. The van der Waals surface area contributed by atoms with Crippen LogP contribution in [-0.4, -0.2) is 37.2 Å². The molecule has 0 bridgehead atoms. The Bertz CT molecular complexity index is 1190. The number of ether oxygens (including phenoxy) is 3. The summed E-state index contributed by atoms with van der Waals surface area (Å²) in [6.45, 7) is 6.40. The van der Waals surface area contributed by atoms with Gasteiger partial charge in [0.05, 0.1) is 0 Å². The fraction of sp³-hybridized carbons (Fsp3) is 0.685. The van der Waals surface area contributed by atoms with E-state index in [1.807, 2.05) is 0 Å². The van der Waals surface area contributed by atoms with Gasteiger partial charge in [0, 0.05) is 19.3 Å². The van der Waals surface area contributed by atoms with Crippen molar-refractivity contribution in [3.8, 4) is 0 Å². The van der Waals surface area contributed by atoms with Crippen LogP contribution in [0.3, 0.4) is 0 Å². The summed E-state index contributed by atoms with van der Waals surface area (Å²) >= 11 is 0. The molecule has 1 atom stereocenters. The number of unbranched alkanes of at least 4 members (excludes halogenated alkanes) is 18. The first-order valence-electron chi connectivity index (χ1n) is 24.6. The number of allylic oxidation sites excluding steroid dienone is 14. The van der Waals surface area contributed by atoms with Crippen LogP contribution < -0.4 is 0 Å². The standard InChI is InChI=1S/C54H90O6/c1-4-7-10-13-16-18-20-22-24-25-26-27-28-29-30-32-33-35-38-41-44-47-53(56)59-50-51(49-58-52(55)46-43-40-37-15-12-9-6-3)60-54(57)48-45-42-39-36-34-31-23-21-19-17-14-11-8-5-2/h7,10,14,16-18,21-24,26-27,29-30,51H,4-6,8-9,11-13,15,19-20,25,28,31-50H2,1-3H3/b10-7-,17-14-,18-16-,23-21-,24-22-,27-26-,30-29-. The Morgan fingerprint density at radius 2 is 0.667 bits per heavy atom. The van der Waals surface area contributed by atoms with Gasteiger partial charge in [-0.3, -0.25) is 14.4 Å². The van der Waals surface area contributed by atoms with E-state index in [0.29, 0.717) is 19.3 Å². The predicted molar refractivity (Wildman–Crippen MR) is 256 cm³/mol. The molecule has 0 aliphatic heterocycles. The molecule has 0 fully saturated rings. The Labute approximate surface area is 369 Å². The fourth-order valence-electron chi connectivity index (χ4n) is 6.42. The van der Waals surface area contributed by atoms with Crippen molar-refractivity contribution in [3.05, 3.63) is 85.1 Å². The summed E-state index contributed by atoms with van der Waals surface area (Å²) in [6, 6.07) is 0. The monoisotopic (exact) mass is 835 g/mol. The van der Waals surface area contributed by atoms with Crippen molar-refractivity contribution in [1.29, 1.82) is 0 Å². The molecule has 0 N–H and O–H groups in total. The molecule has 0 aromatic rings. The molecular weight excluding hydrogens is 745 g/mol. The van der Waals surface area contributed by atoms with Gasteiger partial charge < -0.3 is 14.2 Å². The van der Waals surface area contributed by atoms with Crippen LogP contribution in [0.4, 0.5) is 0 Å². The van der Waals surface area contributed by atoms with Gasteiger partial charge in [0.2, 0.25) is 0 Å². The highest BCUT2D eigenvalue weighted by atomic mass is 16.6. The summed E-state index contributed by atoms with van der Waals surface area (Å²) in [7, 11) is 0. The summed E-state index contributed by atoms with van der Waals surface area (Å²) in [5, 5.41) is 0. The zero-order chi connectivity index (χ0) is 43.7. The molecule has 0 saturated heterocycles. The molecule has 0 radical (unpaired) electrons. The summed E-state index contributed by atoms with van der Waals surface area (Å²) in [5.41, 5.74) is 0. The maximum absolute atomic E-state index is 12.7. The average Bonchev–Trinajstić information content (AvgIpc) is 3.24. The van der Waals surface area contributed by atoms with Crippen LogP contribution in [0, 0.1) is 0 Å². The number of carbonyl (C=O) groups is 3. The summed E-state index contributed by atoms with van der Waals surface area (Å²) in [5.74, 6) is -0.934. The van der Waals surface area contributed by atoms with E-state index >= 15 is 0 Å². The minimum absolute atomic E-state index is 0.0890. The Morgan fingerprint density at radius 3 is 1.07 bits per heavy atom. The van der Waals surface area contributed by atoms with E-state index < -0.39 is 6.10 Å². The Morgan fingerprint density at radius 1 is 0.350 bits per heavy atom. The van der Waals surface area contributed by atoms with Crippen molar-refractivity contribution in [2.24, 2.45) is 0 Å². The van der Waals surface area contributed by atoms with E-state index in [9.17, 15) is 14.4 Å².